The zero-order chi connectivity index (χ0) is 13.2. The van der Waals surface area contributed by atoms with Gasteiger partial charge in [-0.05, 0) is 37.0 Å². The van der Waals surface area contributed by atoms with Crippen LogP contribution in [0.1, 0.15) is 12.8 Å². The average molecular weight is 293 g/mol. The maximum Gasteiger partial charge on any atom is 0.145 e. The van der Waals surface area contributed by atoms with Gasteiger partial charge < -0.3 is 4.74 Å². The van der Waals surface area contributed by atoms with Crippen molar-refractivity contribution in [2.24, 2.45) is 5.92 Å². The molecular weight excluding hydrogens is 281 g/mol. The monoisotopic (exact) mass is 292 g/mol. The van der Waals surface area contributed by atoms with Gasteiger partial charge in [0.1, 0.15) is 5.75 Å². The van der Waals surface area contributed by atoms with E-state index in [-0.39, 0.29) is 0 Å². The molecule has 0 unspecified atom stereocenters. The second-order valence-corrected chi connectivity index (χ2v) is 5.53. The van der Waals surface area contributed by atoms with Crippen LogP contribution in [0, 0.1) is 12.1 Å². The molecule has 1 saturated carbocycles. The van der Waals surface area contributed by atoms with Gasteiger partial charge in [-0.2, -0.15) is 0 Å². The Morgan fingerprint density at radius 2 is 2.11 bits per heavy atom. The number of nitrogens with zero attached hydrogens (tertiary/aromatic N) is 1. The van der Waals surface area contributed by atoms with E-state index in [2.05, 4.69) is 11.2 Å². The van der Waals surface area contributed by atoms with Crippen LogP contribution < -0.4 is 4.74 Å². The van der Waals surface area contributed by atoms with E-state index in [1.807, 2.05) is 12.1 Å². The molecule has 3 rings (SSSR count). The SMILES string of the molecule is Clc1ccc(-c2c[c]ncc2OCC2CC2)c(Cl)c1. The van der Waals surface area contributed by atoms with Crippen molar-refractivity contribution < 1.29 is 4.74 Å². The molecule has 1 heterocycles. The van der Waals surface area contributed by atoms with Crippen molar-refractivity contribution >= 4 is 23.2 Å². The second kappa shape index (κ2) is 5.40. The smallest absolute Gasteiger partial charge is 0.145 e. The van der Waals surface area contributed by atoms with E-state index in [1.54, 1.807) is 18.3 Å². The van der Waals surface area contributed by atoms with Gasteiger partial charge >= 0.3 is 0 Å². The van der Waals surface area contributed by atoms with E-state index in [4.69, 9.17) is 27.9 Å². The largest absolute Gasteiger partial charge is 0.491 e. The summed E-state index contributed by atoms with van der Waals surface area (Å²) in [5.41, 5.74) is 1.79. The number of pyridine rings is 1. The minimum absolute atomic E-state index is 0.600. The Labute approximate surface area is 122 Å². The Balaban J connectivity index is 1.93. The average Bonchev–Trinajstić information content (AvgIpc) is 3.21. The number of rotatable bonds is 4. The van der Waals surface area contributed by atoms with Gasteiger partial charge in [0.05, 0.1) is 24.0 Å². The molecule has 1 aliphatic carbocycles. The highest BCUT2D eigenvalue weighted by molar-refractivity contribution is 6.36. The summed E-state index contributed by atoms with van der Waals surface area (Å²) in [4.78, 5) is 4.00. The maximum absolute atomic E-state index is 6.24. The van der Waals surface area contributed by atoms with Gasteiger partial charge in [-0.15, -0.1) is 0 Å². The number of benzene rings is 1. The van der Waals surface area contributed by atoms with Gasteiger partial charge in [0, 0.05) is 16.1 Å². The molecule has 1 aliphatic rings. The third-order valence-electron chi connectivity index (χ3n) is 3.12. The highest BCUT2D eigenvalue weighted by Gasteiger charge is 2.22. The first-order valence-electron chi connectivity index (χ1n) is 6.18. The van der Waals surface area contributed by atoms with Crippen LogP contribution in [-0.2, 0) is 0 Å². The summed E-state index contributed by atoms with van der Waals surface area (Å²) < 4.78 is 5.83. The van der Waals surface area contributed by atoms with Crippen LogP contribution in [0.3, 0.4) is 0 Å². The molecule has 97 valence electrons. The fourth-order valence-electron chi connectivity index (χ4n) is 1.86. The minimum atomic E-state index is 0.600. The maximum atomic E-state index is 6.24. The van der Waals surface area contributed by atoms with E-state index in [0.717, 1.165) is 23.5 Å². The Morgan fingerprint density at radius 3 is 2.84 bits per heavy atom. The molecule has 0 amide bonds. The lowest BCUT2D eigenvalue weighted by Gasteiger charge is -2.11. The lowest BCUT2D eigenvalue weighted by atomic mass is 10.1. The zero-order valence-corrected chi connectivity index (χ0v) is 11.7. The van der Waals surface area contributed by atoms with E-state index in [9.17, 15) is 0 Å². The van der Waals surface area contributed by atoms with Crippen molar-refractivity contribution in [2.75, 3.05) is 6.61 Å². The lowest BCUT2D eigenvalue weighted by Crippen LogP contribution is -2.01. The third-order valence-corrected chi connectivity index (χ3v) is 3.67. The van der Waals surface area contributed by atoms with Crippen molar-refractivity contribution in [3.63, 3.8) is 0 Å². The van der Waals surface area contributed by atoms with E-state index in [1.165, 1.54) is 12.8 Å². The predicted octanol–water partition coefficient (Wildman–Crippen LogP) is 4.64. The first-order valence-corrected chi connectivity index (χ1v) is 6.94. The van der Waals surface area contributed by atoms with Crippen LogP contribution in [0.15, 0.2) is 30.5 Å². The number of halogens is 2. The molecule has 19 heavy (non-hydrogen) atoms. The van der Waals surface area contributed by atoms with E-state index in [0.29, 0.717) is 16.0 Å². The van der Waals surface area contributed by atoms with Gasteiger partial charge in [-0.3, -0.25) is 4.98 Å². The molecule has 0 saturated heterocycles. The summed E-state index contributed by atoms with van der Waals surface area (Å²) in [6.07, 6.45) is 7.01. The predicted molar refractivity (Wildman–Crippen MR) is 76.7 cm³/mol. The standard InChI is InChI=1S/C15H12Cl2NO/c16-11-3-4-12(14(17)7-11)13-5-6-18-8-15(13)19-9-10-1-2-10/h3-5,7-8,10H,1-2,9H2. The van der Waals surface area contributed by atoms with Gasteiger partial charge in [0.2, 0.25) is 0 Å². The summed E-state index contributed by atoms with van der Waals surface area (Å²) in [7, 11) is 0. The van der Waals surface area contributed by atoms with Crippen LogP contribution in [0.5, 0.6) is 5.75 Å². The molecule has 4 heteroatoms. The fraction of sp³-hybridized carbons (Fsp3) is 0.267. The normalized spacial score (nSPS) is 14.4. The van der Waals surface area contributed by atoms with Crippen molar-refractivity contribution in [1.29, 1.82) is 0 Å². The number of hydrogen-bond acceptors (Lipinski definition) is 2. The zero-order valence-electron chi connectivity index (χ0n) is 10.2. The van der Waals surface area contributed by atoms with E-state index < -0.39 is 0 Å². The molecule has 1 fully saturated rings. The molecule has 2 aromatic rings. The van der Waals surface area contributed by atoms with Crippen molar-refractivity contribution in [2.45, 2.75) is 12.8 Å². The van der Waals surface area contributed by atoms with Gasteiger partial charge in [0.25, 0.3) is 0 Å². The first kappa shape index (κ1) is 12.8. The van der Waals surface area contributed by atoms with Crippen LogP contribution >= 0.6 is 23.2 Å². The van der Waals surface area contributed by atoms with Crippen LogP contribution in [0.4, 0.5) is 0 Å². The van der Waals surface area contributed by atoms with Crippen LogP contribution in [0.25, 0.3) is 11.1 Å². The Kier molecular flexibility index (Phi) is 3.63. The highest BCUT2D eigenvalue weighted by atomic mass is 35.5. The van der Waals surface area contributed by atoms with Crippen molar-refractivity contribution in [3.05, 3.63) is 46.7 Å². The Hall–Kier alpha value is -1.25. The lowest BCUT2D eigenvalue weighted by molar-refractivity contribution is 0.300. The van der Waals surface area contributed by atoms with E-state index >= 15 is 0 Å². The number of ether oxygens (including phenoxy) is 1. The molecule has 0 bridgehead atoms. The highest BCUT2D eigenvalue weighted by Crippen LogP contribution is 2.37. The molecule has 1 radical (unpaired) electrons. The Morgan fingerprint density at radius 1 is 1.26 bits per heavy atom. The summed E-state index contributed by atoms with van der Waals surface area (Å²) in [6.45, 7) is 0.740. The molecule has 1 aromatic carbocycles. The topological polar surface area (TPSA) is 22.1 Å². The first-order chi connectivity index (χ1) is 9.24. The molecule has 0 spiro atoms. The summed E-state index contributed by atoms with van der Waals surface area (Å²) in [6, 6.07) is 7.21. The molecule has 2 nitrogen and oxygen atoms in total. The minimum Gasteiger partial charge on any atom is -0.491 e. The third kappa shape index (κ3) is 3.02. The summed E-state index contributed by atoms with van der Waals surface area (Å²) in [5, 5.41) is 1.22. The summed E-state index contributed by atoms with van der Waals surface area (Å²) >= 11 is 12.2. The van der Waals surface area contributed by atoms with Crippen molar-refractivity contribution in [1.82, 2.24) is 4.98 Å². The molecule has 0 N–H and O–H groups in total. The fourth-order valence-corrected chi connectivity index (χ4v) is 2.37. The number of aromatic nitrogens is 1. The Bertz CT molecular complexity index is 596. The molecule has 1 aromatic heterocycles. The summed E-state index contributed by atoms with van der Waals surface area (Å²) in [5.74, 6) is 1.44. The van der Waals surface area contributed by atoms with Gasteiger partial charge in [-0.25, -0.2) is 0 Å². The molecule has 0 aliphatic heterocycles. The molecule has 0 atom stereocenters. The second-order valence-electron chi connectivity index (χ2n) is 4.69. The quantitative estimate of drug-likeness (QED) is 0.819. The van der Waals surface area contributed by atoms with Crippen LogP contribution in [-0.4, -0.2) is 11.6 Å². The van der Waals surface area contributed by atoms with Gasteiger partial charge in [0.15, 0.2) is 0 Å². The van der Waals surface area contributed by atoms with Gasteiger partial charge in [-0.1, -0.05) is 29.3 Å². The van der Waals surface area contributed by atoms with Crippen molar-refractivity contribution in [3.8, 4) is 16.9 Å². The molecular formula is C15H12Cl2NO. The van der Waals surface area contributed by atoms with Crippen LogP contribution in [0.2, 0.25) is 10.0 Å². The number of hydrogen-bond donors (Lipinski definition) is 0.